The van der Waals surface area contributed by atoms with Crippen molar-refractivity contribution in [1.29, 1.82) is 0 Å². The van der Waals surface area contributed by atoms with Crippen LogP contribution in [0.5, 0.6) is 0 Å². The Kier molecular flexibility index (Phi) is 12.3. The van der Waals surface area contributed by atoms with E-state index in [4.69, 9.17) is 0 Å². The molecule has 1 fully saturated rings. The summed E-state index contributed by atoms with van der Waals surface area (Å²) in [4.78, 5) is 0. The van der Waals surface area contributed by atoms with Crippen LogP contribution in [0.3, 0.4) is 0 Å². The lowest BCUT2D eigenvalue weighted by Crippen LogP contribution is -2.12. The Morgan fingerprint density at radius 3 is 2.21 bits per heavy atom. The molecule has 0 N–H and O–H groups in total. The molecule has 0 bridgehead atoms. The van der Waals surface area contributed by atoms with E-state index in [-0.39, 0.29) is 0 Å². The van der Waals surface area contributed by atoms with Crippen molar-refractivity contribution in [2.75, 3.05) is 0 Å². The maximum absolute atomic E-state index is 3.19. The Labute approximate surface area is 180 Å². The summed E-state index contributed by atoms with van der Waals surface area (Å²) >= 11 is 0. The molecular formula is C29H42. The number of hydrogen-bond acceptors (Lipinski definition) is 0. The summed E-state index contributed by atoms with van der Waals surface area (Å²) < 4.78 is 0. The van der Waals surface area contributed by atoms with Crippen LogP contribution >= 0.6 is 0 Å². The molecule has 0 heterocycles. The SMILES string of the molecule is CCCCCCC[C@H]1CC[C@H](/C=C/C#C/C=C/c2ccc(CCCC)cc2)CC1. The van der Waals surface area contributed by atoms with Crippen LogP contribution in [0, 0.1) is 23.7 Å². The van der Waals surface area contributed by atoms with E-state index in [0.717, 1.165) is 11.8 Å². The van der Waals surface area contributed by atoms with Gasteiger partial charge in [0.2, 0.25) is 0 Å². The average Bonchev–Trinajstić information content (AvgIpc) is 2.76. The minimum absolute atomic E-state index is 0.750. The average molecular weight is 391 g/mol. The lowest BCUT2D eigenvalue weighted by Gasteiger charge is -2.26. The Hall–Kier alpha value is -1.74. The normalized spacial score (nSPS) is 19.5. The van der Waals surface area contributed by atoms with E-state index in [1.807, 2.05) is 6.08 Å². The molecule has 0 aromatic heterocycles. The maximum atomic E-state index is 3.19. The summed E-state index contributed by atoms with van der Waals surface area (Å²) in [6, 6.07) is 8.87. The molecule has 29 heavy (non-hydrogen) atoms. The molecule has 0 saturated heterocycles. The van der Waals surface area contributed by atoms with Crippen molar-refractivity contribution >= 4 is 6.08 Å². The van der Waals surface area contributed by atoms with Crippen molar-refractivity contribution < 1.29 is 0 Å². The summed E-state index contributed by atoms with van der Waals surface area (Å²) in [5.74, 6) is 8.09. The Morgan fingerprint density at radius 2 is 1.48 bits per heavy atom. The molecule has 2 rings (SSSR count). The zero-order valence-electron chi connectivity index (χ0n) is 19.0. The van der Waals surface area contributed by atoms with Gasteiger partial charge in [-0.1, -0.05) is 101 Å². The molecule has 0 atom stereocenters. The quantitative estimate of drug-likeness (QED) is 0.261. The molecule has 0 amide bonds. The maximum Gasteiger partial charge on any atom is -0.0109 e. The highest BCUT2D eigenvalue weighted by atomic mass is 14.2. The molecule has 0 heteroatoms. The summed E-state index contributed by atoms with van der Waals surface area (Å²) in [6.07, 6.45) is 26.3. The molecule has 0 spiro atoms. The van der Waals surface area contributed by atoms with E-state index < -0.39 is 0 Å². The smallest absolute Gasteiger partial charge is 0.0109 e. The molecule has 1 aromatic carbocycles. The molecule has 158 valence electrons. The fraction of sp³-hybridized carbons (Fsp3) is 0.586. The molecule has 0 radical (unpaired) electrons. The van der Waals surface area contributed by atoms with Crippen molar-refractivity contribution in [2.24, 2.45) is 11.8 Å². The molecule has 0 unspecified atom stereocenters. The standard InChI is InChI=1S/C29H42/c1-3-5-7-8-11-15-27-22-24-29(25-23-27)17-13-10-9-12-16-28-20-18-26(19-21-28)14-6-4-2/h12-13,16-21,27,29H,3-8,11,14-15,22-25H2,1-2H3/b16-12+,17-13+/t27-,29-. The van der Waals surface area contributed by atoms with Gasteiger partial charge in [-0.3, -0.25) is 0 Å². The van der Waals surface area contributed by atoms with Gasteiger partial charge in [-0.05, 0) is 79.7 Å². The number of aryl methyl sites for hydroxylation is 1. The highest BCUT2D eigenvalue weighted by Crippen LogP contribution is 2.32. The van der Waals surface area contributed by atoms with Gasteiger partial charge in [0.15, 0.2) is 0 Å². The van der Waals surface area contributed by atoms with Crippen molar-refractivity contribution in [1.82, 2.24) is 0 Å². The molecule has 1 aliphatic rings. The fourth-order valence-corrected chi connectivity index (χ4v) is 4.30. The van der Waals surface area contributed by atoms with Crippen LogP contribution in [0.4, 0.5) is 0 Å². The van der Waals surface area contributed by atoms with Gasteiger partial charge < -0.3 is 0 Å². The van der Waals surface area contributed by atoms with Crippen molar-refractivity contribution in [3.8, 4) is 11.8 Å². The molecular weight excluding hydrogens is 348 g/mol. The van der Waals surface area contributed by atoms with Gasteiger partial charge in [-0.2, -0.15) is 0 Å². The minimum Gasteiger partial charge on any atom is -0.0730 e. The fourth-order valence-electron chi connectivity index (χ4n) is 4.30. The van der Waals surface area contributed by atoms with Gasteiger partial charge in [-0.15, -0.1) is 0 Å². The first kappa shape index (κ1) is 23.5. The molecule has 0 aliphatic heterocycles. The van der Waals surface area contributed by atoms with Crippen LogP contribution in [0.1, 0.15) is 102 Å². The van der Waals surface area contributed by atoms with E-state index in [1.165, 1.54) is 94.6 Å². The van der Waals surface area contributed by atoms with Crippen LogP contribution in [0.2, 0.25) is 0 Å². The summed E-state index contributed by atoms with van der Waals surface area (Å²) in [7, 11) is 0. The van der Waals surface area contributed by atoms with Crippen LogP contribution in [0.15, 0.2) is 42.5 Å². The zero-order chi connectivity index (χ0) is 20.6. The van der Waals surface area contributed by atoms with Gasteiger partial charge in [0.25, 0.3) is 0 Å². The Balaban J connectivity index is 1.62. The minimum atomic E-state index is 0.750. The van der Waals surface area contributed by atoms with Crippen molar-refractivity contribution in [3.05, 3.63) is 53.6 Å². The van der Waals surface area contributed by atoms with Crippen LogP contribution in [-0.4, -0.2) is 0 Å². The summed E-state index contributed by atoms with van der Waals surface area (Å²) in [5, 5.41) is 0. The van der Waals surface area contributed by atoms with E-state index in [9.17, 15) is 0 Å². The highest BCUT2D eigenvalue weighted by molar-refractivity contribution is 5.53. The van der Waals surface area contributed by atoms with Gasteiger partial charge in [0, 0.05) is 0 Å². The van der Waals surface area contributed by atoms with E-state index in [2.05, 4.69) is 68.2 Å². The van der Waals surface area contributed by atoms with Crippen molar-refractivity contribution in [3.63, 3.8) is 0 Å². The van der Waals surface area contributed by atoms with Gasteiger partial charge >= 0.3 is 0 Å². The monoisotopic (exact) mass is 390 g/mol. The van der Waals surface area contributed by atoms with E-state index >= 15 is 0 Å². The summed E-state index contributed by atoms with van der Waals surface area (Å²) in [5.41, 5.74) is 2.67. The third-order valence-electron chi connectivity index (χ3n) is 6.30. The Morgan fingerprint density at radius 1 is 0.793 bits per heavy atom. The second kappa shape index (κ2) is 15.1. The lowest BCUT2D eigenvalue weighted by molar-refractivity contribution is 0.288. The second-order valence-electron chi connectivity index (χ2n) is 8.81. The summed E-state index contributed by atoms with van der Waals surface area (Å²) in [6.45, 7) is 4.54. The highest BCUT2D eigenvalue weighted by Gasteiger charge is 2.18. The van der Waals surface area contributed by atoms with Crippen LogP contribution in [-0.2, 0) is 6.42 Å². The first-order chi connectivity index (χ1) is 14.3. The van der Waals surface area contributed by atoms with Crippen molar-refractivity contribution in [2.45, 2.75) is 97.3 Å². The van der Waals surface area contributed by atoms with Crippen LogP contribution in [0.25, 0.3) is 6.08 Å². The number of benzene rings is 1. The number of hydrogen-bond donors (Lipinski definition) is 0. The lowest BCUT2D eigenvalue weighted by atomic mass is 9.79. The van der Waals surface area contributed by atoms with Gasteiger partial charge in [0.1, 0.15) is 0 Å². The van der Waals surface area contributed by atoms with Gasteiger partial charge in [0.05, 0.1) is 0 Å². The number of allylic oxidation sites excluding steroid dienone is 3. The third-order valence-corrected chi connectivity index (χ3v) is 6.30. The third kappa shape index (κ3) is 10.6. The molecule has 1 saturated carbocycles. The number of unbranched alkanes of at least 4 members (excludes halogenated alkanes) is 5. The second-order valence-corrected chi connectivity index (χ2v) is 8.81. The van der Waals surface area contributed by atoms with E-state index in [1.54, 1.807) is 0 Å². The number of rotatable bonds is 11. The predicted octanol–water partition coefficient (Wildman–Crippen LogP) is 8.77. The first-order valence-electron chi connectivity index (χ1n) is 12.2. The van der Waals surface area contributed by atoms with Gasteiger partial charge in [-0.25, -0.2) is 0 Å². The molecule has 1 aromatic rings. The predicted molar refractivity (Wildman–Crippen MR) is 130 cm³/mol. The largest absolute Gasteiger partial charge is 0.0730 e. The zero-order valence-corrected chi connectivity index (χ0v) is 19.0. The molecule has 0 nitrogen and oxygen atoms in total. The first-order valence-corrected chi connectivity index (χ1v) is 12.2. The molecule has 1 aliphatic carbocycles. The van der Waals surface area contributed by atoms with Crippen LogP contribution < -0.4 is 0 Å². The topological polar surface area (TPSA) is 0 Å². The Bertz CT molecular complexity index is 642. The van der Waals surface area contributed by atoms with E-state index in [0.29, 0.717) is 0 Å².